The van der Waals surface area contributed by atoms with Gasteiger partial charge in [0.2, 0.25) is 0 Å². The molecule has 3 rings (SSSR count). The summed E-state index contributed by atoms with van der Waals surface area (Å²) in [7, 11) is 2.95. The lowest BCUT2D eigenvalue weighted by Gasteiger charge is -2.34. The Morgan fingerprint density at radius 2 is 2.11 bits per heavy atom. The maximum Gasteiger partial charge on any atom is 0.338 e. The Morgan fingerprint density at radius 1 is 1.30 bits per heavy atom. The highest BCUT2D eigenvalue weighted by Crippen LogP contribution is 2.29. The summed E-state index contributed by atoms with van der Waals surface area (Å²) >= 11 is 0. The highest BCUT2D eigenvalue weighted by Gasteiger charge is 2.36. The van der Waals surface area contributed by atoms with Crippen LogP contribution in [0, 0.1) is 0 Å². The first-order chi connectivity index (χ1) is 13.0. The molecule has 3 N–H and O–H groups in total. The van der Waals surface area contributed by atoms with Crippen LogP contribution in [0.3, 0.4) is 0 Å². The van der Waals surface area contributed by atoms with Crippen molar-refractivity contribution in [1.82, 2.24) is 10.6 Å². The average Bonchev–Trinajstić information content (AvgIpc) is 2.69. The number of ether oxygens (including phenoxy) is 2. The maximum absolute atomic E-state index is 12.6. The lowest BCUT2D eigenvalue weighted by Crippen LogP contribution is -3.16. The van der Waals surface area contributed by atoms with Crippen LogP contribution in [0.25, 0.3) is 0 Å². The normalized spacial score (nSPS) is 25.4. The summed E-state index contributed by atoms with van der Waals surface area (Å²) in [6.07, 6.45) is 3.54. The molecule has 7 nitrogen and oxygen atoms in total. The Kier molecular flexibility index (Phi) is 6.01. The highest BCUT2D eigenvalue weighted by atomic mass is 16.5. The summed E-state index contributed by atoms with van der Waals surface area (Å²) in [6, 6.07) is 6.98. The summed E-state index contributed by atoms with van der Waals surface area (Å²) in [5.74, 6) is 0.232. The first kappa shape index (κ1) is 19.2. The van der Waals surface area contributed by atoms with Crippen molar-refractivity contribution in [3.63, 3.8) is 0 Å². The number of hydrogen-bond donors (Lipinski definition) is 3. The molecular formula is C20H28N3O4+. The van der Waals surface area contributed by atoms with Crippen LogP contribution in [0.5, 0.6) is 5.75 Å². The second-order valence-corrected chi connectivity index (χ2v) is 7.17. The van der Waals surface area contributed by atoms with E-state index in [2.05, 4.69) is 17.6 Å². The van der Waals surface area contributed by atoms with Crippen molar-refractivity contribution in [2.75, 3.05) is 27.3 Å². The predicted molar refractivity (Wildman–Crippen MR) is 100 cm³/mol. The zero-order valence-electron chi connectivity index (χ0n) is 16.1. The second kappa shape index (κ2) is 8.43. The summed E-state index contributed by atoms with van der Waals surface area (Å²) in [5.41, 5.74) is 1.88. The SMILES string of the molecule is COC(=O)C1=C(C[NH+]2CCCC[C@@H]2C)NC(=O)N[C@H]1c1cccc(OC)c1. The molecule has 1 saturated heterocycles. The zero-order valence-corrected chi connectivity index (χ0v) is 16.1. The smallest absolute Gasteiger partial charge is 0.338 e. The van der Waals surface area contributed by atoms with Crippen molar-refractivity contribution < 1.29 is 24.0 Å². The third-order valence-corrected chi connectivity index (χ3v) is 5.47. The molecule has 1 aromatic carbocycles. The molecule has 0 radical (unpaired) electrons. The monoisotopic (exact) mass is 374 g/mol. The molecule has 27 heavy (non-hydrogen) atoms. The minimum absolute atomic E-state index is 0.311. The van der Waals surface area contributed by atoms with E-state index in [1.54, 1.807) is 7.11 Å². The average molecular weight is 374 g/mol. The van der Waals surface area contributed by atoms with E-state index in [1.807, 2.05) is 24.3 Å². The molecule has 2 aliphatic rings. The molecule has 146 valence electrons. The lowest BCUT2D eigenvalue weighted by molar-refractivity contribution is -0.924. The van der Waals surface area contributed by atoms with Gasteiger partial charge in [0, 0.05) is 0 Å². The minimum atomic E-state index is -0.573. The molecule has 1 aromatic rings. The van der Waals surface area contributed by atoms with Crippen molar-refractivity contribution in [2.24, 2.45) is 0 Å². The minimum Gasteiger partial charge on any atom is -0.497 e. The molecule has 2 amide bonds. The topological polar surface area (TPSA) is 81.1 Å². The molecule has 0 bridgehead atoms. The Balaban J connectivity index is 2.00. The lowest BCUT2D eigenvalue weighted by atomic mass is 9.94. The summed E-state index contributed by atoms with van der Waals surface area (Å²) in [5, 5.41) is 5.71. The number of methoxy groups -OCH3 is 2. The van der Waals surface area contributed by atoms with Gasteiger partial charge in [-0.25, -0.2) is 9.59 Å². The summed E-state index contributed by atoms with van der Waals surface area (Å²) in [4.78, 5) is 26.4. The van der Waals surface area contributed by atoms with Gasteiger partial charge in [-0.05, 0) is 43.9 Å². The van der Waals surface area contributed by atoms with Gasteiger partial charge in [-0.1, -0.05) is 12.1 Å². The quantitative estimate of drug-likeness (QED) is 0.670. The first-order valence-corrected chi connectivity index (χ1v) is 9.41. The van der Waals surface area contributed by atoms with Crippen LogP contribution in [-0.2, 0) is 9.53 Å². The fraction of sp³-hybridized carbons (Fsp3) is 0.500. The highest BCUT2D eigenvalue weighted by molar-refractivity contribution is 5.95. The third kappa shape index (κ3) is 4.24. The Morgan fingerprint density at radius 3 is 2.81 bits per heavy atom. The van der Waals surface area contributed by atoms with E-state index in [0.717, 1.165) is 24.9 Å². The number of likely N-dealkylation sites (tertiary alicyclic amines) is 1. The third-order valence-electron chi connectivity index (χ3n) is 5.47. The largest absolute Gasteiger partial charge is 0.497 e. The van der Waals surface area contributed by atoms with Gasteiger partial charge in [0.15, 0.2) is 0 Å². The number of benzene rings is 1. The molecule has 7 heteroatoms. The van der Waals surface area contributed by atoms with Crippen LogP contribution < -0.4 is 20.3 Å². The van der Waals surface area contributed by atoms with Gasteiger partial charge in [0.25, 0.3) is 0 Å². The van der Waals surface area contributed by atoms with Gasteiger partial charge in [-0.15, -0.1) is 0 Å². The fourth-order valence-corrected chi connectivity index (χ4v) is 3.92. The van der Waals surface area contributed by atoms with Crippen LogP contribution in [0.2, 0.25) is 0 Å². The number of amides is 2. The van der Waals surface area contributed by atoms with Crippen LogP contribution in [0.1, 0.15) is 37.8 Å². The van der Waals surface area contributed by atoms with Gasteiger partial charge in [0.1, 0.15) is 12.3 Å². The van der Waals surface area contributed by atoms with Gasteiger partial charge in [-0.3, -0.25) is 0 Å². The molecule has 2 aliphatic heterocycles. The molecule has 2 heterocycles. The molecule has 1 fully saturated rings. The number of carbonyl (C=O) groups excluding carboxylic acids is 2. The number of carbonyl (C=O) groups is 2. The number of esters is 1. The Hall–Kier alpha value is -2.54. The van der Waals surface area contributed by atoms with Crippen LogP contribution >= 0.6 is 0 Å². The van der Waals surface area contributed by atoms with E-state index in [4.69, 9.17) is 9.47 Å². The number of rotatable bonds is 5. The molecule has 0 aliphatic carbocycles. The molecule has 3 atom stereocenters. The number of quaternary nitrogens is 1. The number of urea groups is 1. The van der Waals surface area contributed by atoms with Crippen molar-refractivity contribution in [3.05, 3.63) is 41.1 Å². The molecular weight excluding hydrogens is 346 g/mol. The molecule has 0 spiro atoms. The zero-order chi connectivity index (χ0) is 19.4. The van der Waals surface area contributed by atoms with Gasteiger partial charge >= 0.3 is 12.0 Å². The van der Waals surface area contributed by atoms with E-state index < -0.39 is 12.0 Å². The fourth-order valence-electron chi connectivity index (χ4n) is 3.92. The van der Waals surface area contributed by atoms with E-state index >= 15 is 0 Å². The van der Waals surface area contributed by atoms with Crippen LogP contribution in [0.15, 0.2) is 35.5 Å². The van der Waals surface area contributed by atoms with Gasteiger partial charge in [-0.2, -0.15) is 0 Å². The molecule has 0 saturated carbocycles. The first-order valence-electron chi connectivity index (χ1n) is 9.41. The molecule has 1 unspecified atom stereocenters. The van der Waals surface area contributed by atoms with E-state index in [-0.39, 0.29) is 6.03 Å². The Bertz CT molecular complexity index is 746. The van der Waals surface area contributed by atoms with E-state index in [1.165, 1.54) is 18.4 Å². The Labute approximate surface area is 159 Å². The summed E-state index contributed by atoms with van der Waals surface area (Å²) in [6.45, 7) is 3.85. The maximum atomic E-state index is 12.6. The van der Waals surface area contributed by atoms with Gasteiger partial charge in [0.05, 0.1) is 44.1 Å². The standard InChI is InChI=1S/C20H27N3O4/c1-13-7-4-5-10-23(13)12-16-17(19(24)27-3)18(22-20(25)21-16)14-8-6-9-15(11-14)26-2/h6,8-9,11,13,18H,4-5,7,10,12H2,1-3H3,(H2,21,22,25)/p+1/t13-,18-/m0/s1. The number of piperidine rings is 1. The van der Waals surface area contributed by atoms with E-state index in [0.29, 0.717) is 29.6 Å². The van der Waals surface area contributed by atoms with Crippen molar-refractivity contribution >= 4 is 12.0 Å². The van der Waals surface area contributed by atoms with Crippen LogP contribution in [0.4, 0.5) is 4.79 Å². The van der Waals surface area contributed by atoms with Crippen molar-refractivity contribution in [2.45, 2.75) is 38.3 Å². The number of nitrogens with one attached hydrogen (secondary N) is 3. The predicted octanol–water partition coefficient (Wildman–Crippen LogP) is 0.934. The second-order valence-electron chi connectivity index (χ2n) is 7.17. The van der Waals surface area contributed by atoms with Crippen LogP contribution in [-0.4, -0.2) is 45.4 Å². The van der Waals surface area contributed by atoms with E-state index in [9.17, 15) is 9.59 Å². The molecule has 0 aromatic heterocycles. The van der Waals surface area contributed by atoms with Crippen molar-refractivity contribution in [1.29, 1.82) is 0 Å². The van der Waals surface area contributed by atoms with Gasteiger partial charge < -0.3 is 25.0 Å². The number of hydrogen-bond acceptors (Lipinski definition) is 4. The van der Waals surface area contributed by atoms with Crippen molar-refractivity contribution in [3.8, 4) is 5.75 Å². The summed E-state index contributed by atoms with van der Waals surface area (Å²) < 4.78 is 10.3.